The zero-order valence-electron chi connectivity index (χ0n) is 12.7. The van der Waals surface area contributed by atoms with Gasteiger partial charge in [-0.3, -0.25) is 9.69 Å². The van der Waals surface area contributed by atoms with Crippen molar-refractivity contribution < 1.29 is 18.0 Å². The molecule has 0 bridgehead atoms. The van der Waals surface area contributed by atoms with Crippen LogP contribution in [0, 0.1) is 0 Å². The van der Waals surface area contributed by atoms with Crippen LogP contribution in [0.4, 0.5) is 18.9 Å². The van der Waals surface area contributed by atoms with Crippen molar-refractivity contribution in [1.82, 2.24) is 0 Å². The number of hydrogen-bond donors (Lipinski definition) is 0. The average molecular weight is 369 g/mol. The molecule has 7 heteroatoms. The molecule has 2 aromatic carbocycles. The van der Waals surface area contributed by atoms with E-state index in [2.05, 4.69) is 0 Å². The van der Waals surface area contributed by atoms with Crippen LogP contribution in [-0.4, -0.2) is 17.9 Å². The molecule has 1 aliphatic heterocycles. The summed E-state index contributed by atoms with van der Waals surface area (Å²) in [5, 5.41) is -0.308. The van der Waals surface area contributed by atoms with Gasteiger partial charge in [-0.25, -0.2) is 0 Å². The van der Waals surface area contributed by atoms with E-state index >= 15 is 0 Å². The van der Waals surface area contributed by atoms with Crippen molar-refractivity contribution in [2.75, 3.05) is 16.9 Å². The van der Waals surface area contributed by atoms with Crippen LogP contribution in [0.15, 0.2) is 53.4 Å². The Morgan fingerprint density at radius 2 is 1.88 bits per heavy atom. The van der Waals surface area contributed by atoms with Gasteiger partial charge in [-0.05, 0) is 42.2 Å². The first-order valence-electron chi connectivity index (χ1n) is 7.15. The Bertz CT molecular complexity index is 746. The largest absolute Gasteiger partial charge is 0.416 e. The standard InChI is InChI=1S/C17H14F3NOS2/c1-23-14-7-5-11(6-8-14)16-21(15(22)10-24-16)13-4-2-3-12(9-13)17(18,19)20/h2-9,16H,10H2,1H3/t16-/m0/s1. The van der Waals surface area contributed by atoms with Crippen molar-refractivity contribution >= 4 is 35.1 Å². The molecule has 0 unspecified atom stereocenters. The van der Waals surface area contributed by atoms with Crippen LogP contribution in [0.2, 0.25) is 0 Å². The summed E-state index contributed by atoms with van der Waals surface area (Å²) in [5.41, 5.74) is 0.431. The molecule has 0 N–H and O–H groups in total. The van der Waals surface area contributed by atoms with Crippen molar-refractivity contribution in [2.24, 2.45) is 0 Å². The topological polar surface area (TPSA) is 20.3 Å². The molecule has 0 spiro atoms. The number of rotatable bonds is 3. The molecule has 1 heterocycles. The fraction of sp³-hybridized carbons (Fsp3) is 0.235. The lowest BCUT2D eigenvalue weighted by molar-refractivity contribution is -0.137. The van der Waals surface area contributed by atoms with Crippen LogP contribution < -0.4 is 4.90 Å². The maximum atomic E-state index is 12.9. The SMILES string of the molecule is CSc1ccc([C@@H]2SCC(=O)N2c2cccc(C(F)(F)F)c2)cc1. The number of carbonyl (C=O) groups excluding carboxylic acids is 1. The zero-order chi connectivity index (χ0) is 17.3. The van der Waals surface area contributed by atoms with Gasteiger partial charge in [0.05, 0.1) is 11.3 Å². The zero-order valence-corrected chi connectivity index (χ0v) is 14.3. The van der Waals surface area contributed by atoms with E-state index in [0.717, 1.165) is 22.6 Å². The third kappa shape index (κ3) is 3.42. The highest BCUT2D eigenvalue weighted by Gasteiger charge is 2.36. The summed E-state index contributed by atoms with van der Waals surface area (Å²) in [6.45, 7) is 0. The minimum Gasteiger partial charge on any atom is -0.295 e. The number of hydrogen-bond acceptors (Lipinski definition) is 3. The predicted octanol–water partition coefficient (Wildman–Crippen LogP) is 5.21. The van der Waals surface area contributed by atoms with Crippen LogP contribution in [0.1, 0.15) is 16.5 Å². The highest BCUT2D eigenvalue weighted by atomic mass is 32.2. The third-order valence-electron chi connectivity index (χ3n) is 3.72. The highest BCUT2D eigenvalue weighted by molar-refractivity contribution is 8.00. The molecular formula is C17H14F3NOS2. The molecule has 24 heavy (non-hydrogen) atoms. The summed E-state index contributed by atoms with van der Waals surface area (Å²) >= 11 is 3.03. The lowest BCUT2D eigenvalue weighted by atomic mass is 10.1. The molecule has 126 valence electrons. The Morgan fingerprint density at radius 3 is 2.50 bits per heavy atom. The number of anilines is 1. The second-order valence-electron chi connectivity index (χ2n) is 5.25. The summed E-state index contributed by atoms with van der Waals surface area (Å²) < 4.78 is 38.8. The number of benzene rings is 2. The summed E-state index contributed by atoms with van der Waals surface area (Å²) in [4.78, 5) is 14.8. The minimum atomic E-state index is -4.43. The highest BCUT2D eigenvalue weighted by Crippen LogP contribution is 2.43. The Balaban J connectivity index is 1.96. The van der Waals surface area contributed by atoms with Crippen molar-refractivity contribution in [2.45, 2.75) is 16.4 Å². The van der Waals surface area contributed by atoms with Crippen molar-refractivity contribution in [1.29, 1.82) is 0 Å². The molecule has 2 nitrogen and oxygen atoms in total. The third-order valence-corrected chi connectivity index (χ3v) is 5.68. The van der Waals surface area contributed by atoms with Crippen LogP contribution in [0.3, 0.4) is 0 Å². The van der Waals surface area contributed by atoms with Crippen LogP contribution in [0.5, 0.6) is 0 Å². The van der Waals surface area contributed by atoms with Crippen LogP contribution in [0.25, 0.3) is 0 Å². The monoisotopic (exact) mass is 369 g/mol. The van der Waals surface area contributed by atoms with E-state index in [-0.39, 0.29) is 22.7 Å². The van der Waals surface area contributed by atoms with Gasteiger partial charge in [0.2, 0.25) is 5.91 Å². The second-order valence-corrected chi connectivity index (χ2v) is 7.20. The molecule has 1 aliphatic rings. The fourth-order valence-electron chi connectivity index (χ4n) is 2.55. The normalized spacial score (nSPS) is 18.2. The summed E-state index contributed by atoms with van der Waals surface area (Å²) in [6, 6.07) is 12.7. The molecule has 0 aromatic heterocycles. The summed E-state index contributed by atoms with van der Waals surface area (Å²) in [7, 11) is 0. The molecule has 1 fully saturated rings. The Hall–Kier alpha value is -1.60. The molecule has 0 aliphatic carbocycles. The van der Waals surface area contributed by atoms with Gasteiger partial charge >= 0.3 is 6.18 Å². The summed E-state index contributed by atoms with van der Waals surface area (Å²) in [5.74, 6) is 0.0730. The van der Waals surface area contributed by atoms with Gasteiger partial charge in [-0.2, -0.15) is 13.2 Å². The number of nitrogens with zero attached hydrogens (tertiary/aromatic N) is 1. The second kappa shape index (κ2) is 6.72. The smallest absolute Gasteiger partial charge is 0.295 e. The van der Waals surface area contributed by atoms with E-state index in [1.807, 2.05) is 30.5 Å². The fourth-order valence-corrected chi connectivity index (χ4v) is 4.14. The molecule has 0 radical (unpaired) electrons. The van der Waals surface area contributed by atoms with Crippen LogP contribution >= 0.6 is 23.5 Å². The Labute approximate surface area is 146 Å². The lowest BCUT2D eigenvalue weighted by Crippen LogP contribution is -2.28. The minimum absolute atomic E-state index is 0.182. The number of alkyl halides is 3. The molecular weight excluding hydrogens is 355 g/mol. The number of halogens is 3. The van der Waals surface area contributed by atoms with E-state index in [4.69, 9.17) is 0 Å². The average Bonchev–Trinajstić information content (AvgIpc) is 2.96. The molecule has 1 amide bonds. The maximum absolute atomic E-state index is 12.9. The number of carbonyl (C=O) groups is 1. The lowest BCUT2D eigenvalue weighted by Gasteiger charge is -2.25. The van der Waals surface area contributed by atoms with Gasteiger partial charge in [0, 0.05) is 10.6 Å². The number of thioether (sulfide) groups is 2. The van der Waals surface area contributed by atoms with E-state index in [0.29, 0.717) is 0 Å². The Morgan fingerprint density at radius 1 is 1.17 bits per heavy atom. The molecule has 0 saturated carbocycles. The van der Waals surface area contributed by atoms with Gasteiger partial charge in [-0.15, -0.1) is 23.5 Å². The predicted molar refractivity (Wildman–Crippen MR) is 92.4 cm³/mol. The van der Waals surface area contributed by atoms with Gasteiger partial charge in [0.15, 0.2) is 0 Å². The number of amides is 1. The molecule has 1 atom stereocenters. The first-order valence-corrected chi connectivity index (χ1v) is 9.42. The van der Waals surface area contributed by atoms with Gasteiger partial charge in [0.25, 0.3) is 0 Å². The molecule has 3 rings (SSSR count). The van der Waals surface area contributed by atoms with E-state index in [1.165, 1.54) is 22.7 Å². The first kappa shape index (κ1) is 17.2. The van der Waals surface area contributed by atoms with Gasteiger partial charge < -0.3 is 0 Å². The van der Waals surface area contributed by atoms with Gasteiger partial charge in [-0.1, -0.05) is 18.2 Å². The van der Waals surface area contributed by atoms with Gasteiger partial charge in [0.1, 0.15) is 5.37 Å². The van der Waals surface area contributed by atoms with E-state index in [9.17, 15) is 18.0 Å². The van der Waals surface area contributed by atoms with E-state index in [1.54, 1.807) is 17.8 Å². The Kier molecular flexibility index (Phi) is 4.83. The molecule has 2 aromatic rings. The van der Waals surface area contributed by atoms with Crippen molar-refractivity contribution in [3.63, 3.8) is 0 Å². The summed E-state index contributed by atoms with van der Waals surface area (Å²) in [6.07, 6.45) is -2.46. The molecule has 1 saturated heterocycles. The first-order chi connectivity index (χ1) is 11.4. The van der Waals surface area contributed by atoms with Crippen molar-refractivity contribution in [3.05, 3.63) is 59.7 Å². The quantitative estimate of drug-likeness (QED) is 0.693. The van der Waals surface area contributed by atoms with Crippen LogP contribution in [-0.2, 0) is 11.0 Å². The van der Waals surface area contributed by atoms with Crippen molar-refractivity contribution in [3.8, 4) is 0 Å². The van der Waals surface area contributed by atoms with E-state index < -0.39 is 11.7 Å². The maximum Gasteiger partial charge on any atom is 0.416 e.